The van der Waals surface area contributed by atoms with Crippen LogP contribution in [0.3, 0.4) is 0 Å². The molecule has 0 radical (unpaired) electrons. The smallest absolute Gasteiger partial charge is 0.152 e. The van der Waals surface area contributed by atoms with Gasteiger partial charge < -0.3 is 10.3 Å². The Morgan fingerprint density at radius 2 is 2.19 bits per heavy atom. The highest BCUT2D eigenvalue weighted by molar-refractivity contribution is 7.91. The van der Waals surface area contributed by atoms with Gasteiger partial charge in [-0.15, -0.1) is 0 Å². The minimum atomic E-state index is -3.00. The van der Waals surface area contributed by atoms with Crippen molar-refractivity contribution >= 4 is 9.84 Å². The Labute approximate surface area is 96.6 Å². The third kappa shape index (κ3) is 4.32. The Balaban J connectivity index is 2.45. The van der Waals surface area contributed by atoms with Crippen molar-refractivity contribution in [3.8, 4) is 0 Å². The molecule has 5 nitrogen and oxygen atoms in total. The number of imidazole rings is 1. The largest absolute Gasteiger partial charge is 0.334 e. The minimum Gasteiger partial charge on any atom is -0.334 e. The average Bonchev–Trinajstić information content (AvgIpc) is 2.59. The van der Waals surface area contributed by atoms with Crippen molar-refractivity contribution in [2.24, 2.45) is 5.73 Å². The van der Waals surface area contributed by atoms with Gasteiger partial charge >= 0.3 is 0 Å². The number of hydrogen-bond acceptors (Lipinski definition) is 4. The molecule has 0 saturated carbocycles. The van der Waals surface area contributed by atoms with Crippen molar-refractivity contribution in [1.82, 2.24) is 9.55 Å². The number of aryl methyl sites for hydroxylation is 2. The summed E-state index contributed by atoms with van der Waals surface area (Å²) in [5.41, 5.74) is 5.53. The van der Waals surface area contributed by atoms with Crippen LogP contribution in [-0.4, -0.2) is 35.5 Å². The molecular weight excluding hydrogens is 226 g/mol. The molecule has 0 amide bonds. The van der Waals surface area contributed by atoms with Crippen molar-refractivity contribution in [3.05, 3.63) is 18.2 Å². The van der Waals surface area contributed by atoms with E-state index in [9.17, 15) is 8.42 Å². The molecule has 0 aromatic carbocycles. The molecule has 6 heteroatoms. The summed E-state index contributed by atoms with van der Waals surface area (Å²) in [5, 5.41) is 0. The second-order valence-electron chi connectivity index (χ2n) is 4.09. The molecule has 0 aliphatic carbocycles. The van der Waals surface area contributed by atoms with Crippen LogP contribution in [0.4, 0.5) is 0 Å². The number of nitrogens with two attached hydrogens (primary N) is 1. The van der Waals surface area contributed by atoms with E-state index in [0.717, 1.165) is 5.82 Å². The van der Waals surface area contributed by atoms with Crippen LogP contribution >= 0.6 is 0 Å². The number of sulfone groups is 1. The molecule has 1 heterocycles. The van der Waals surface area contributed by atoms with Crippen LogP contribution in [0.15, 0.2) is 12.4 Å². The Kier molecular flexibility index (Phi) is 4.49. The Bertz CT molecular complexity index is 423. The molecule has 16 heavy (non-hydrogen) atoms. The normalized spacial score (nSPS) is 13.9. The highest BCUT2D eigenvalue weighted by Gasteiger charge is 2.12. The lowest BCUT2D eigenvalue weighted by atomic mass is 10.3. The Morgan fingerprint density at radius 3 is 2.69 bits per heavy atom. The first kappa shape index (κ1) is 13.2. The number of nitrogens with zero attached hydrogens (tertiary/aromatic N) is 2. The van der Waals surface area contributed by atoms with Crippen LogP contribution in [0, 0.1) is 6.92 Å². The van der Waals surface area contributed by atoms with Gasteiger partial charge in [0.25, 0.3) is 0 Å². The van der Waals surface area contributed by atoms with E-state index in [4.69, 9.17) is 5.73 Å². The van der Waals surface area contributed by atoms with Gasteiger partial charge in [0.05, 0.1) is 11.5 Å². The fourth-order valence-electron chi connectivity index (χ4n) is 1.34. The Morgan fingerprint density at radius 1 is 1.50 bits per heavy atom. The van der Waals surface area contributed by atoms with Crippen LogP contribution in [0.1, 0.15) is 19.2 Å². The molecule has 0 spiro atoms. The molecule has 1 atom stereocenters. The topological polar surface area (TPSA) is 78.0 Å². The zero-order valence-corrected chi connectivity index (χ0v) is 10.6. The van der Waals surface area contributed by atoms with Crippen LogP contribution in [0.5, 0.6) is 0 Å². The van der Waals surface area contributed by atoms with E-state index in [0.29, 0.717) is 13.0 Å². The summed E-state index contributed by atoms with van der Waals surface area (Å²) in [4.78, 5) is 4.04. The summed E-state index contributed by atoms with van der Waals surface area (Å²) in [6, 6.07) is -0.0650. The van der Waals surface area contributed by atoms with Gasteiger partial charge in [-0.1, -0.05) is 0 Å². The third-order valence-corrected chi connectivity index (χ3v) is 4.11. The van der Waals surface area contributed by atoms with Gasteiger partial charge in [0.15, 0.2) is 9.84 Å². The second-order valence-corrected chi connectivity index (χ2v) is 6.39. The highest BCUT2D eigenvalue weighted by Crippen LogP contribution is 2.01. The first-order valence-electron chi connectivity index (χ1n) is 5.34. The second kappa shape index (κ2) is 5.45. The summed E-state index contributed by atoms with van der Waals surface area (Å²) < 4.78 is 25.1. The van der Waals surface area contributed by atoms with Gasteiger partial charge in [-0.05, 0) is 20.3 Å². The lowest BCUT2D eigenvalue weighted by molar-refractivity contribution is 0.579. The zero-order chi connectivity index (χ0) is 12.2. The van der Waals surface area contributed by atoms with Crippen molar-refractivity contribution in [2.45, 2.75) is 32.9 Å². The van der Waals surface area contributed by atoms with Crippen molar-refractivity contribution in [2.75, 3.05) is 11.5 Å². The van der Waals surface area contributed by atoms with E-state index in [1.807, 2.05) is 18.4 Å². The molecule has 0 fully saturated rings. The van der Waals surface area contributed by atoms with Crippen molar-refractivity contribution < 1.29 is 8.42 Å². The van der Waals surface area contributed by atoms with E-state index in [2.05, 4.69) is 4.98 Å². The molecule has 0 saturated heterocycles. The van der Waals surface area contributed by atoms with Gasteiger partial charge in [-0.25, -0.2) is 13.4 Å². The van der Waals surface area contributed by atoms with Gasteiger partial charge in [0.1, 0.15) is 5.82 Å². The minimum absolute atomic E-state index is 0.0650. The van der Waals surface area contributed by atoms with E-state index < -0.39 is 9.84 Å². The SMILES string of the molecule is Cc1nccn1CCS(=O)(=O)CCC(C)N. The fraction of sp³-hybridized carbons (Fsp3) is 0.700. The van der Waals surface area contributed by atoms with Gasteiger partial charge in [-0.3, -0.25) is 0 Å². The maximum atomic E-state index is 11.7. The average molecular weight is 245 g/mol. The third-order valence-electron chi connectivity index (χ3n) is 2.45. The molecule has 2 N–H and O–H groups in total. The van der Waals surface area contributed by atoms with Gasteiger partial charge in [0, 0.05) is 25.0 Å². The summed E-state index contributed by atoms with van der Waals surface area (Å²) in [7, 11) is -3.00. The molecule has 0 aliphatic heterocycles. The molecule has 1 aromatic rings. The van der Waals surface area contributed by atoms with Crippen LogP contribution < -0.4 is 5.73 Å². The maximum Gasteiger partial charge on any atom is 0.152 e. The number of aromatic nitrogens is 2. The van der Waals surface area contributed by atoms with Crippen LogP contribution in [0.2, 0.25) is 0 Å². The van der Waals surface area contributed by atoms with E-state index >= 15 is 0 Å². The molecule has 1 unspecified atom stereocenters. The van der Waals surface area contributed by atoms with E-state index in [-0.39, 0.29) is 17.5 Å². The fourth-order valence-corrected chi connectivity index (χ4v) is 2.75. The summed E-state index contributed by atoms with van der Waals surface area (Å²) >= 11 is 0. The Hall–Kier alpha value is -0.880. The quantitative estimate of drug-likeness (QED) is 0.784. The van der Waals surface area contributed by atoms with Gasteiger partial charge in [0.2, 0.25) is 0 Å². The van der Waals surface area contributed by atoms with Crippen molar-refractivity contribution in [1.29, 1.82) is 0 Å². The molecule has 0 bridgehead atoms. The van der Waals surface area contributed by atoms with E-state index in [1.54, 1.807) is 12.4 Å². The van der Waals surface area contributed by atoms with Crippen LogP contribution in [0.25, 0.3) is 0 Å². The number of rotatable bonds is 6. The zero-order valence-electron chi connectivity index (χ0n) is 9.76. The lowest BCUT2D eigenvalue weighted by Gasteiger charge is -2.08. The van der Waals surface area contributed by atoms with Gasteiger partial charge in [-0.2, -0.15) is 0 Å². The first-order chi connectivity index (χ1) is 7.41. The first-order valence-corrected chi connectivity index (χ1v) is 7.16. The molecule has 0 aliphatic rings. The standard InChI is InChI=1S/C10H19N3O2S/c1-9(11)3-7-16(14,15)8-6-13-5-4-12-10(13)2/h4-5,9H,3,6-8,11H2,1-2H3. The maximum absolute atomic E-state index is 11.7. The summed E-state index contributed by atoms with van der Waals surface area (Å²) in [5.74, 6) is 1.15. The highest BCUT2D eigenvalue weighted by atomic mass is 32.2. The van der Waals surface area contributed by atoms with Crippen LogP contribution in [-0.2, 0) is 16.4 Å². The predicted molar refractivity (Wildman–Crippen MR) is 63.9 cm³/mol. The summed E-state index contributed by atoms with van der Waals surface area (Å²) in [6.45, 7) is 4.14. The predicted octanol–water partition coefficient (Wildman–Crippen LogP) is 0.344. The molecule has 92 valence electrons. The molecule has 1 rings (SSSR count). The van der Waals surface area contributed by atoms with Crippen molar-refractivity contribution in [3.63, 3.8) is 0 Å². The lowest BCUT2D eigenvalue weighted by Crippen LogP contribution is -2.23. The summed E-state index contributed by atoms with van der Waals surface area (Å²) in [6.07, 6.45) is 3.98. The monoisotopic (exact) mass is 245 g/mol. The number of hydrogen-bond donors (Lipinski definition) is 1. The molecular formula is C10H19N3O2S. The molecule has 1 aromatic heterocycles. The van der Waals surface area contributed by atoms with E-state index in [1.165, 1.54) is 0 Å².